The standard InChI is InChI=1S/C18H23NO3/c20-11-10-19(15-8-9-15)12-16(21)13-22-18-7-3-5-14-4-1-2-6-17(14)18/h1-7,15-16,20-21H,8-13H2. The molecule has 118 valence electrons. The lowest BCUT2D eigenvalue weighted by Gasteiger charge is -2.24. The van der Waals surface area contributed by atoms with Gasteiger partial charge < -0.3 is 14.9 Å². The summed E-state index contributed by atoms with van der Waals surface area (Å²) in [7, 11) is 0. The molecule has 0 amide bonds. The minimum absolute atomic E-state index is 0.132. The number of aliphatic hydroxyl groups excluding tert-OH is 2. The Balaban J connectivity index is 1.58. The second kappa shape index (κ2) is 7.09. The highest BCUT2D eigenvalue weighted by molar-refractivity contribution is 5.88. The minimum Gasteiger partial charge on any atom is -0.490 e. The Morgan fingerprint density at radius 2 is 1.91 bits per heavy atom. The average molecular weight is 301 g/mol. The number of aliphatic hydroxyl groups is 2. The van der Waals surface area contributed by atoms with Crippen molar-refractivity contribution in [2.45, 2.75) is 25.0 Å². The molecule has 4 heteroatoms. The second-order valence-electron chi connectivity index (χ2n) is 5.89. The molecule has 1 fully saturated rings. The quantitative estimate of drug-likeness (QED) is 0.783. The van der Waals surface area contributed by atoms with Crippen LogP contribution in [0.15, 0.2) is 42.5 Å². The third-order valence-corrected chi connectivity index (χ3v) is 4.08. The fourth-order valence-electron chi connectivity index (χ4n) is 2.82. The molecule has 1 aliphatic carbocycles. The second-order valence-corrected chi connectivity index (χ2v) is 5.89. The number of hydrogen-bond acceptors (Lipinski definition) is 4. The van der Waals surface area contributed by atoms with E-state index in [1.54, 1.807) is 0 Å². The monoisotopic (exact) mass is 301 g/mol. The SMILES string of the molecule is OCCN(CC(O)COc1cccc2ccccc12)C1CC1. The lowest BCUT2D eigenvalue weighted by atomic mass is 10.1. The van der Waals surface area contributed by atoms with Crippen molar-refractivity contribution in [3.63, 3.8) is 0 Å². The third-order valence-electron chi connectivity index (χ3n) is 4.08. The highest BCUT2D eigenvalue weighted by Crippen LogP contribution is 2.27. The van der Waals surface area contributed by atoms with Crippen molar-refractivity contribution in [3.8, 4) is 5.75 Å². The first-order valence-corrected chi connectivity index (χ1v) is 7.91. The van der Waals surface area contributed by atoms with Gasteiger partial charge in [-0.3, -0.25) is 4.90 Å². The van der Waals surface area contributed by atoms with E-state index in [1.165, 1.54) is 0 Å². The van der Waals surface area contributed by atoms with Crippen LogP contribution in [0.1, 0.15) is 12.8 Å². The molecular weight excluding hydrogens is 278 g/mol. The molecule has 2 N–H and O–H groups in total. The van der Waals surface area contributed by atoms with Crippen molar-refractivity contribution in [2.75, 3.05) is 26.3 Å². The van der Waals surface area contributed by atoms with Crippen molar-refractivity contribution in [3.05, 3.63) is 42.5 Å². The van der Waals surface area contributed by atoms with E-state index >= 15 is 0 Å². The van der Waals surface area contributed by atoms with Crippen LogP contribution in [0, 0.1) is 0 Å². The topological polar surface area (TPSA) is 52.9 Å². The van der Waals surface area contributed by atoms with Crippen LogP contribution in [0.2, 0.25) is 0 Å². The molecule has 22 heavy (non-hydrogen) atoms. The van der Waals surface area contributed by atoms with Crippen LogP contribution in [0.25, 0.3) is 10.8 Å². The van der Waals surface area contributed by atoms with Crippen molar-refractivity contribution in [1.82, 2.24) is 4.90 Å². The summed E-state index contributed by atoms with van der Waals surface area (Å²) in [5, 5.41) is 21.5. The zero-order valence-electron chi connectivity index (χ0n) is 12.7. The molecule has 1 saturated carbocycles. The fraction of sp³-hybridized carbons (Fsp3) is 0.444. The molecule has 1 aliphatic rings. The Labute approximate surface area is 130 Å². The number of hydrogen-bond donors (Lipinski definition) is 2. The summed E-state index contributed by atoms with van der Waals surface area (Å²) >= 11 is 0. The third kappa shape index (κ3) is 3.77. The normalized spacial score (nSPS) is 16.1. The molecule has 1 unspecified atom stereocenters. The number of rotatable bonds is 8. The van der Waals surface area contributed by atoms with Gasteiger partial charge in [0.1, 0.15) is 18.5 Å². The minimum atomic E-state index is -0.550. The van der Waals surface area contributed by atoms with E-state index in [0.29, 0.717) is 19.1 Å². The van der Waals surface area contributed by atoms with Gasteiger partial charge in [0, 0.05) is 24.5 Å². The van der Waals surface area contributed by atoms with Gasteiger partial charge in [-0.25, -0.2) is 0 Å². The molecule has 0 aromatic heterocycles. The molecule has 0 aliphatic heterocycles. The van der Waals surface area contributed by atoms with Crippen LogP contribution in [0.3, 0.4) is 0 Å². The number of fused-ring (bicyclic) bond motifs is 1. The van der Waals surface area contributed by atoms with Gasteiger partial charge in [0.2, 0.25) is 0 Å². The van der Waals surface area contributed by atoms with E-state index in [-0.39, 0.29) is 13.2 Å². The van der Waals surface area contributed by atoms with Gasteiger partial charge in [-0.15, -0.1) is 0 Å². The van der Waals surface area contributed by atoms with Gasteiger partial charge in [0.15, 0.2) is 0 Å². The van der Waals surface area contributed by atoms with E-state index in [2.05, 4.69) is 17.0 Å². The van der Waals surface area contributed by atoms with E-state index in [4.69, 9.17) is 9.84 Å². The van der Waals surface area contributed by atoms with Gasteiger partial charge in [-0.1, -0.05) is 36.4 Å². The lowest BCUT2D eigenvalue weighted by molar-refractivity contribution is 0.0592. The molecule has 0 saturated heterocycles. The highest BCUT2D eigenvalue weighted by atomic mass is 16.5. The molecule has 0 radical (unpaired) electrons. The van der Waals surface area contributed by atoms with Gasteiger partial charge in [0.25, 0.3) is 0 Å². The van der Waals surface area contributed by atoms with E-state index < -0.39 is 6.10 Å². The summed E-state index contributed by atoms with van der Waals surface area (Å²) in [6.45, 7) is 1.57. The van der Waals surface area contributed by atoms with Crippen LogP contribution in [-0.4, -0.2) is 53.6 Å². The maximum atomic E-state index is 10.2. The summed E-state index contributed by atoms with van der Waals surface area (Å²) in [6, 6.07) is 14.5. The van der Waals surface area contributed by atoms with E-state index in [0.717, 1.165) is 29.4 Å². The largest absolute Gasteiger partial charge is 0.490 e. The van der Waals surface area contributed by atoms with Crippen molar-refractivity contribution >= 4 is 10.8 Å². The smallest absolute Gasteiger partial charge is 0.127 e. The van der Waals surface area contributed by atoms with Crippen LogP contribution >= 0.6 is 0 Å². The van der Waals surface area contributed by atoms with Gasteiger partial charge in [-0.2, -0.15) is 0 Å². The van der Waals surface area contributed by atoms with Crippen LogP contribution in [0.5, 0.6) is 5.75 Å². The molecule has 0 bridgehead atoms. The Hall–Kier alpha value is -1.62. The summed E-state index contributed by atoms with van der Waals surface area (Å²) in [5.41, 5.74) is 0. The number of ether oxygens (including phenoxy) is 1. The summed E-state index contributed by atoms with van der Waals surface area (Å²) in [4.78, 5) is 2.15. The molecule has 2 aromatic rings. The first kappa shape index (κ1) is 15.3. The predicted molar refractivity (Wildman–Crippen MR) is 87.1 cm³/mol. The number of benzene rings is 2. The first-order valence-electron chi connectivity index (χ1n) is 7.91. The van der Waals surface area contributed by atoms with Crippen LogP contribution in [0.4, 0.5) is 0 Å². The average Bonchev–Trinajstić information content (AvgIpc) is 3.37. The first-order chi connectivity index (χ1) is 10.8. The van der Waals surface area contributed by atoms with Crippen molar-refractivity contribution < 1.29 is 14.9 Å². The molecular formula is C18H23NO3. The van der Waals surface area contributed by atoms with Gasteiger partial charge >= 0.3 is 0 Å². The Morgan fingerprint density at radius 3 is 2.68 bits per heavy atom. The maximum absolute atomic E-state index is 10.2. The summed E-state index contributed by atoms with van der Waals surface area (Å²) < 4.78 is 5.82. The predicted octanol–water partition coefficient (Wildman–Crippen LogP) is 2.04. The fourth-order valence-corrected chi connectivity index (χ4v) is 2.82. The Bertz CT molecular complexity index is 607. The van der Waals surface area contributed by atoms with Gasteiger partial charge in [-0.05, 0) is 24.3 Å². The van der Waals surface area contributed by atoms with E-state index in [9.17, 15) is 5.11 Å². The summed E-state index contributed by atoms with van der Waals surface area (Å²) in [6.07, 6.45) is 1.78. The van der Waals surface area contributed by atoms with Crippen molar-refractivity contribution in [1.29, 1.82) is 0 Å². The molecule has 2 aromatic carbocycles. The van der Waals surface area contributed by atoms with Crippen molar-refractivity contribution in [2.24, 2.45) is 0 Å². The maximum Gasteiger partial charge on any atom is 0.127 e. The van der Waals surface area contributed by atoms with Crippen LogP contribution in [-0.2, 0) is 0 Å². The highest BCUT2D eigenvalue weighted by Gasteiger charge is 2.29. The zero-order valence-corrected chi connectivity index (χ0v) is 12.7. The molecule has 4 nitrogen and oxygen atoms in total. The Kier molecular flexibility index (Phi) is 4.93. The Morgan fingerprint density at radius 1 is 1.14 bits per heavy atom. The molecule has 0 heterocycles. The lowest BCUT2D eigenvalue weighted by Crippen LogP contribution is -2.38. The molecule has 3 rings (SSSR count). The van der Waals surface area contributed by atoms with E-state index in [1.807, 2.05) is 30.3 Å². The summed E-state index contributed by atoms with van der Waals surface area (Å²) in [5.74, 6) is 0.803. The molecule has 0 spiro atoms. The molecule has 1 atom stereocenters. The zero-order chi connectivity index (χ0) is 15.4. The van der Waals surface area contributed by atoms with Crippen LogP contribution < -0.4 is 4.74 Å². The van der Waals surface area contributed by atoms with Gasteiger partial charge in [0.05, 0.1) is 6.61 Å². The number of nitrogens with zero attached hydrogens (tertiary/aromatic N) is 1.